The Kier molecular flexibility index (Phi) is 3.94. The lowest BCUT2D eigenvalue weighted by molar-refractivity contribution is -0.660. The molecule has 4 heteroatoms. The van der Waals surface area contributed by atoms with Gasteiger partial charge < -0.3 is 4.42 Å². The van der Waals surface area contributed by atoms with E-state index in [-0.39, 0.29) is 0 Å². The first-order valence-electron chi connectivity index (χ1n) is 9.14. The molecule has 0 aliphatic rings. The van der Waals surface area contributed by atoms with Crippen molar-refractivity contribution in [1.29, 1.82) is 0 Å². The number of aryl methyl sites for hydroxylation is 2. The van der Waals surface area contributed by atoms with Crippen LogP contribution in [0.4, 0.5) is 5.69 Å². The SMILES string of the molecule is [C-]#[N+]c1cccc2c1oc1c(-c3cc([Si](C)(C)C)cc[n+]3C)c(C)ccc12. The third-order valence-electron chi connectivity index (χ3n) is 5.25. The molecule has 3 nitrogen and oxygen atoms in total. The van der Waals surface area contributed by atoms with Crippen LogP contribution in [-0.2, 0) is 7.05 Å². The molecule has 2 heterocycles. The normalized spacial score (nSPS) is 11.9. The standard InChI is InChI=1S/C23H23N2OSi/c1-15-10-11-18-17-8-7-9-19(24-2)22(17)26-23(18)21(15)20-14-16(27(4,5)6)12-13-25(20)3/h7-14H,1,3-6H3/q+1. The van der Waals surface area contributed by atoms with Gasteiger partial charge in [-0.05, 0) is 17.7 Å². The summed E-state index contributed by atoms with van der Waals surface area (Å²) in [4.78, 5) is 3.64. The first kappa shape index (κ1) is 17.5. The molecule has 2 aromatic carbocycles. The Morgan fingerprint density at radius 2 is 1.74 bits per heavy atom. The Balaban J connectivity index is 2.12. The van der Waals surface area contributed by atoms with Crippen LogP contribution >= 0.6 is 0 Å². The summed E-state index contributed by atoms with van der Waals surface area (Å²) in [6, 6.07) is 14.6. The molecule has 4 aromatic rings. The van der Waals surface area contributed by atoms with Crippen LogP contribution in [0.2, 0.25) is 19.6 Å². The Bertz CT molecular complexity index is 1240. The average molecular weight is 372 g/mol. The molecule has 0 radical (unpaired) electrons. The molecule has 27 heavy (non-hydrogen) atoms. The molecule has 0 unspecified atom stereocenters. The number of pyridine rings is 1. The number of nitrogens with zero attached hydrogens (tertiary/aromatic N) is 2. The van der Waals surface area contributed by atoms with Crippen molar-refractivity contribution in [2.75, 3.05) is 0 Å². The highest BCUT2D eigenvalue weighted by molar-refractivity contribution is 6.88. The van der Waals surface area contributed by atoms with Crippen molar-refractivity contribution in [2.45, 2.75) is 26.6 Å². The molecule has 0 saturated carbocycles. The van der Waals surface area contributed by atoms with Crippen LogP contribution < -0.4 is 9.75 Å². The van der Waals surface area contributed by atoms with E-state index in [0.29, 0.717) is 11.3 Å². The molecular formula is C23H23N2OSi+. The van der Waals surface area contributed by atoms with Gasteiger partial charge in [0.1, 0.15) is 18.2 Å². The molecule has 0 aliphatic heterocycles. The van der Waals surface area contributed by atoms with Crippen LogP contribution in [-0.4, -0.2) is 8.07 Å². The van der Waals surface area contributed by atoms with Gasteiger partial charge in [-0.1, -0.05) is 50.0 Å². The fourth-order valence-electron chi connectivity index (χ4n) is 3.64. The van der Waals surface area contributed by atoms with Crippen molar-refractivity contribution in [3.8, 4) is 11.3 Å². The summed E-state index contributed by atoms with van der Waals surface area (Å²) in [5.74, 6) is 0. The van der Waals surface area contributed by atoms with E-state index in [1.807, 2.05) is 18.2 Å². The molecule has 0 bridgehead atoms. The molecule has 0 atom stereocenters. The lowest BCUT2D eigenvalue weighted by Crippen LogP contribution is -2.42. The van der Waals surface area contributed by atoms with Crippen LogP contribution in [0.1, 0.15) is 5.56 Å². The third kappa shape index (κ3) is 2.75. The van der Waals surface area contributed by atoms with Crippen molar-refractivity contribution < 1.29 is 8.98 Å². The van der Waals surface area contributed by atoms with E-state index in [0.717, 1.165) is 27.6 Å². The van der Waals surface area contributed by atoms with Crippen molar-refractivity contribution in [3.05, 3.63) is 65.6 Å². The lowest BCUT2D eigenvalue weighted by Gasteiger charge is -2.16. The Labute approximate surface area is 160 Å². The van der Waals surface area contributed by atoms with Crippen molar-refractivity contribution in [3.63, 3.8) is 0 Å². The third-order valence-corrected chi connectivity index (χ3v) is 7.29. The van der Waals surface area contributed by atoms with E-state index in [1.165, 1.54) is 10.8 Å². The number of para-hydroxylation sites is 1. The highest BCUT2D eigenvalue weighted by atomic mass is 28.3. The number of rotatable bonds is 2. The van der Waals surface area contributed by atoms with Gasteiger partial charge in [0.25, 0.3) is 0 Å². The summed E-state index contributed by atoms with van der Waals surface area (Å²) in [6.07, 6.45) is 2.15. The van der Waals surface area contributed by atoms with Crippen LogP contribution in [0.5, 0.6) is 0 Å². The first-order valence-corrected chi connectivity index (χ1v) is 12.6. The van der Waals surface area contributed by atoms with Crippen molar-refractivity contribution in [1.82, 2.24) is 0 Å². The number of fused-ring (bicyclic) bond motifs is 3. The Morgan fingerprint density at radius 1 is 1.00 bits per heavy atom. The van der Waals surface area contributed by atoms with E-state index < -0.39 is 8.07 Å². The van der Waals surface area contributed by atoms with Gasteiger partial charge in [-0.15, -0.1) is 0 Å². The number of benzene rings is 2. The molecule has 0 saturated heterocycles. The molecule has 0 spiro atoms. The van der Waals surface area contributed by atoms with Crippen LogP contribution in [0.15, 0.2) is 53.1 Å². The summed E-state index contributed by atoms with van der Waals surface area (Å²) < 4.78 is 8.47. The van der Waals surface area contributed by atoms with Gasteiger partial charge in [0.2, 0.25) is 11.4 Å². The first-order chi connectivity index (χ1) is 12.8. The maximum Gasteiger partial charge on any atom is 0.229 e. The summed E-state index contributed by atoms with van der Waals surface area (Å²) in [6.45, 7) is 16.7. The zero-order valence-corrected chi connectivity index (χ0v) is 17.4. The molecule has 2 aromatic heterocycles. The van der Waals surface area contributed by atoms with Crippen LogP contribution in [0, 0.1) is 13.5 Å². The van der Waals surface area contributed by atoms with Gasteiger partial charge in [-0.3, -0.25) is 0 Å². The van der Waals surface area contributed by atoms with Crippen LogP contribution in [0.3, 0.4) is 0 Å². The second-order valence-corrected chi connectivity index (χ2v) is 13.2. The van der Waals surface area contributed by atoms with Gasteiger partial charge >= 0.3 is 0 Å². The summed E-state index contributed by atoms with van der Waals surface area (Å²) >= 11 is 0. The van der Waals surface area contributed by atoms with Gasteiger partial charge in [-0.2, -0.15) is 0 Å². The van der Waals surface area contributed by atoms with Gasteiger partial charge in [-0.25, -0.2) is 9.41 Å². The fraction of sp³-hybridized carbons (Fsp3) is 0.217. The van der Waals surface area contributed by atoms with E-state index >= 15 is 0 Å². The van der Waals surface area contributed by atoms with Crippen LogP contribution in [0.25, 0.3) is 38.0 Å². The van der Waals surface area contributed by atoms with Gasteiger partial charge in [0.05, 0.1) is 20.2 Å². The van der Waals surface area contributed by atoms with Crippen molar-refractivity contribution >= 4 is 40.9 Å². The summed E-state index contributed by atoms with van der Waals surface area (Å²) in [5, 5.41) is 3.49. The Morgan fingerprint density at radius 3 is 2.44 bits per heavy atom. The molecule has 0 N–H and O–H groups in total. The van der Waals surface area contributed by atoms with Crippen molar-refractivity contribution in [2.24, 2.45) is 7.05 Å². The highest BCUT2D eigenvalue weighted by Crippen LogP contribution is 2.39. The number of aromatic nitrogens is 1. The predicted octanol–water partition coefficient (Wildman–Crippen LogP) is 5.48. The minimum absolute atomic E-state index is 0.563. The molecule has 0 aliphatic carbocycles. The summed E-state index contributed by atoms with van der Waals surface area (Å²) in [7, 11) is 0.643. The number of hydrogen-bond donors (Lipinski definition) is 0. The summed E-state index contributed by atoms with van der Waals surface area (Å²) in [5.41, 5.74) is 5.55. The van der Waals surface area contributed by atoms with E-state index in [1.54, 1.807) is 0 Å². The minimum atomic E-state index is -1.44. The minimum Gasteiger partial charge on any atom is -0.466 e. The smallest absolute Gasteiger partial charge is 0.229 e. The number of furan rings is 1. The average Bonchev–Trinajstić information content (AvgIpc) is 3.00. The topological polar surface area (TPSA) is 21.4 Å². The zero-order valence-electron chi connectivity index (χ0n) is 16.4. The van der Waals surface area contributed by atoms with Gasteiger partial charge in [0, 0.05) is 22.9 Å². The van der Waals surface area contributed by atoms with E-state index in [9.17, 15) is 0 Å². The van der Waals surface area contributed by atoms with Gasteiger partial charge in [0.15, 0.2) is 6.20 Å². The predicted molar refractivity (Wildman–Crippen MR) is 114 cm³/mol. The number of hydrogen-bond acceptors (Lipinski definition) is 1. The zero-order chi connectivity index (χ0) is 19.3. The van der Waals surface area contributed by atoms with E-state index in [4.69, 9.17) is 11.0 Å². The Hall–Kier alpha value is -2.90. The maximum atomic E-state index is 7.46. The fourth-order valence-corrected chi connectivity index (χ4v) is 4.78. The molecule has 134 valence electrons. The monoisotopic (exact) mass is 371 g/mol. The second kappa shape index (κ2) is 6.07. The second-order valence-electron chi connectivity index (χ2n) is 8.16. The largest absolute Gasteiger partial charge is 0.466 e. The molecule has 0 amide bonds. The quantitative estimate of drug-likeness (QED) is 0.260. The lowest BCUT2D eigenvalue weighted by atomic mass is 10.0. The highest BCUT2D eigenvalue weighted by Gasteiger charge is 2.25. The maximum absolute atomic E-state index is 7.46. The van der Waals surface area contributed by atoms with E-state index in [2.05, 4.69) is 73.5 Å². The molecular weight excluding hydrogens is 348 g/mol. The molecule has 4 rings (SSSR count). The molecule has 0 fully saturated rings.